The Balaban J connectivity index is 1.54. The lowest BCUT2D eigenvalue weighted by Crippen LogP contribution is -2.27. The van der Waals surface area contributed by atoms with Crippen molar-refractivity contribution in [2.45, 2.75) is 6.54 Å². The van der Waals surface area contributed by atoms with Gasteiger partial charge in [-0.2, -0.15) is 0 Å². The van der Waals surface area contributed by atoms with Crippen molar-refractivity contribution in [3.05, 3.63) is 102 Å². The summed E-state index contributed by atoms with van der Waals surface area (Å²) < 4.78 is 11.5. The molecule has 0 N–H and O–H groups in total. The number of nitro groups is 1. The molecule has 1 fully saturated rings. The first kappa shape index (κ1) is 25.4. The van der Waals surface area contributed by atoms with Crippen molar-refractivity contribution < 1.29 is 28.8 Å². The third-order valence-corrected chi connectivity index (χ3v) is 6.82. The van der Waals surface area contributed by atoms with E-state index >= 15 is 0 Å². The third-order valence-electron chi connectivity index (χ3n) is 5.12. The number of methoxy groups -OCH3 is 1. The minimum absolute atomic E-state index is 0.00473. The molecule has 2 amide bonds. The number of amides is 2. The maximum absolute atomic E-state index is 12.9. The number of rotatable bonds is 7. The molecule has 0 radical (unpaired) electrons. The lowest BCUT2D eigenvalue weighted by Gasteiger charge is -2.13. The van der Waals surface area contributed by atoms with Gasteiger partial charge in [-0.15, -0.1) is 0 Å². The number of imide groups is 1. The van der Waals surface area contributed by atoms with E-state index in [4.69, 9.17) is 9.47 Å². The molecule has 0 bridgehead atoms. The molecular weight excluding hydrogens is 599 g/mol. The van der Waals surface area contributed by atoms with E-state index in [1.165, 1.54) is 31.4 Å². The topological polar surface area (TPSA) is 116 Å². The van der Waals surface area contributed by atoms with Gasteiger partial charge in [-0.1, -0.05) is 30.3 Å². The molecule has 182 valence electrons. The number of benzene rings is 3. The van der Waals surface area contributed by atoms with E-state index in [1.54, 1.807) is 48.5 Å². The normalized spacial score (nSPS) is 14.3. The van der Waals surface area contributed by atoms with Crippen LogP contribution in [0, 0.1) is 13.7 Å². The summed E-state index contributed by atoms with van der Waals surface area (Å²) in [6, 6.07) is 17.5. The second-order valence-electron chi connectivity index (χ2n) is 7.48. The maximum atomic E-state index is 12.9. The number of non-ortho nitro benzene ring substituents is 1. The van der Waals surface area contributed by atoms with E-state index in [9.17, 15) is 24.5 Å². The Morgan fingerprint density at radius 1 is 1.11 bits per heavy atom. The molecule has 0 saturated carbocycles. The number of ether oxygens (including phenoxy) is 2. The number of carbonyl (C=O) groups excluding carboxylic acids is 3. The number of carbonyl (C=O) groups is 3. The SMILES string of the molecule is COc1cc(/C=C2\SC(=O)N(Cc3ccc([N+](=O)[O-])cc3)C2=O)cc(I)c1OC(=O)c1ccccc1. The van der Waals surface area contributed by atoms with Gasteiger partial charge in [0, 0.05) is 12.1 Å². The summed E-state index contributed by atoms with van der Waals surface area (Å²) in [6.45, 7) is -0.00473. The first-order chi connectivity index (χ1) is 17.3. The first-order valence-electron chi connectivity index (χ1n) is 10.4. The fourth-order valence-corrected chi connectivity index (χ4v) is 4.92. The molecule has 4 rings (SSSR count). The number of hydrogen-bond acceptors (Lipinski definition) is 8. The first-order valence-corrected chi connectivity index (χ1v) is 12.3. The van der Waals surface area contributed by atoms with Gasteiger partial charge < -0.3 is 9.47 Å². The zero-order valence-electron chi connectivity index (χ0n) is 18.7. The molecule has 3 aromatic carbocycles. The zero-order valence-corrected chi connectivity index (χ0v) is 21.6. The van der Waals surface area contributed by atoms with Crippen LogP contribution < -0.4 is 9.47 Å². The third kappa shape index (κ3) is 5.57. The van der Waals surface area contributed by atoms with E-state index < -0.39 is 22.0 Å². The number of esters is 1. The fourth-order valence-electron chi connectivity index (χ4n) is 3.34. The Labute approximate surface area is 223 Å². The van der Waals surface area contributed by atoms with Crippen molar-refractivity contribution in [1.82, 2.24) is 4.90 Å². The largest absolute Gasteiger partial charge is 0.493 e. The van der Waals surface area contributed by atoms with Crippen molar-refractivity contribution >= 4 is 63.2 Å². The van der Waals surface area contributed by atoms with Gasteiger partial charge in [0.25, 0.3) is 16.8 Å². The van der Waals surface area contributed by atoms with Gasteiger partial charge in [-0.3, -0.25) is 24.6 Å². The molecule has 3 aromatic rings. The molecule has 1 aliphatic heterocycles. The smallest absolute Gasteiger partial charge is 0.343 e. The average Bonchev–Trinajstić information content (AvgIpc) is 3.13. The molecule has 1 saturated heterocycles. The predicted molar refractivity (Wildman–Crippen MR) is 142 cm³/mol. The molecule has 36 heavy (non-hydrogen) atoms. The number of thioether (sulfide) groups is 1. The summed E-state index contributed by atoms with van der Waals surface area (Å²) in [5, 5.41) is 10.4. The molecule has 0 unspecified atom stereocenters. The standard InChI is InChI=1S/C25H17IN2O7S/c1-34-20-12-16(11-19(26)22(20)35-24(30)17-5-3-2-4-6-17)13-21-23(29)27(25(31)36-21)14-15-7-9-18(10-8-15)28(32)33/h2-13H,14H2,1H3/b21-13-. The summed E-state index contributed by atoms with van der Waals surface area (Å²) >= 11 is 2.80. The maximum Gasteiger partial charge on any atom is 0.343 e. The molecule has 1 aliphatic rings. The Morgan fingerprint density at radius 2 is 1.81 bits per heavy atom. The van der Waals surface area contributed by atoms with Crippen LogP contribution in [0.15, 0.2) is 71.6 Å². The van der Waals surface area contributed by atoms with Crippen LogP contribution in [0.4, 0.5) is 10.5 Å². The second-order valence-corrected chi connectivity index (χ2v) is 9.64. The summed E-state index contributed by atoms with van der Waals surface area (Å²) in [4.78, 5) is 49.5. The highest BCUT2D eigenvalue weighted by atomic mass is 127. The van der Waals surface area contributed by atoms with E-state index in [1.807, 2.05) is 22.6 Å². The molecule has 0 atom stereocenters. The van der Waals surface area contributed by atoms with Gasteiger partial charge in [-0.05, 0) is 75.8 Å². The van der Waals surface area contributed by atoms with Crippen molar-refractivity contribution in [2.75, 3.05) is 7.11 Å². The summed E-state index contributed by atoms with van der Waals surface area (Å²) in [5.74, 6) is -0.471. The van der Waals surface area contributed by atoms with Crippen LogP contribution in [0.1, 0.15) is 21.5 Å². The minimum Gasteiger partial charge on any atom is -0.493 e. The average molecular weight is 616 g/mol. The van der Waals surface area contributed by atoms with Crippen LogP contribution in [-0.4, -0.2) is 34.0 Å². The predicted octanol–water partition coefficient (Wildman–Crippen LogP) is 5.66. The Morgan fingerprint density at radius 3 is 2.44 bits per heavy atom. The van der Waals surface area contributed by atoms with Gasteiger partial charge in [0.15, 0.2) is 11.5 Å². The van der Waals surface area contributed by atoms with Crippen LogP contribution in [-0.2, 0) is 11.3 Å². The van der Waals surface area contributed by atoms with Crippen LogP contribution in [0.5, 0.6) is 11.5 Å². The molecule has 0 aromatic heterocycles. The lowest BCUT2D eigenvalue weighted by atomic mass is 10.1. The van der Waals surface area contributed by atoms with E-state index in [2.05, 4.69) is 0 Å². The molecular formula is C25H17IN2O7S. The highest BCUT2D eigenvalue weighted by molar-refractivity contribution is 14.1. The van der Waals surface area contributed by atoms with Crippen LogP contribution in [0.2, 0.25) is 0 Å². The van der Waals surface area contributed by atoms with E-state index in [-0.39, 0.29) is 22.9 Å². The number of nitro benzene ring substituents is 1. The Hall–Kier alpha value is -3.71. The van der Waals surface area contributed by atoms with E-state index in [0.29, 0.717) is 26.0 Å². The van der Waals surface area contributed by atoms with E-state index in [0.717, 1.165) is 16.7 Å². The second kappa shape index (κ2) is 10.9. The van der Waals surface area contributed by atoms with Crippen molar-refractivity contribution in [1.29, 1.82) is 0 Å². The van der Waals surface area contributed by atoms with Gasteiger partial charge >= 0.3 is 5.97 Å². The van der Waals surface area contributed by atoms with Gasteiger partial charge in [-0.25, -0.2) is 4.79 Å². The molecule has 1 heterocycles. The van der Waals surface area contributed by atoms with Gasteiger partial charge in [0.2, 0.25) is 0 Å². The summed E-state index contributed by atoms with van der Waals surface area (Å²) in [7, 11) is 1.44. The monoisotopic (exact) mass is 616 g/mol. The zero-order chi connectivity index (χ0) is 25.8. The quantitative estimate of drug-likeness (QED) is 0.0834. The number of halogens is 1. The highest BCUT2D eigenvalue weighted by Gasteiger charge is 2.35. The van der Waals surface area contributed by atoms with Gasteiger partial charge in [0.1, 0.15) is 0 Å². The van der Waals surface area contributed by atoms with Crippen molar-refractivity contribution in [3.8, 4) is 11.5 Å². The Kier molecular flexibility index (Phi) is 7.70. The minimum atomic E-state index is -0.535. The van der Waals surface area contributed by atoms with Crippen LogP contribution >= 0.6 is 34.4 Å². The Bertz CT molecular complexity index is 1390. The fraction of sp³-hybridized carbons (Fsp3) is 0.0800. The molecule has 11 heteroatoms. The number of hydrogen-bond donors (Lipinski definition) is 0. The molecule has 9 nitrogen and oxygen atoms in total. The molecule has 0 spiro atoms. The van der Waals surface area contributed by atoms with Crippen LogP contribution in [0.25, 0.3) is 6.08 Å². The van der Waals surface area contributed by atoms with Gasteiger partial charge in [0.05, 0.1) is 32.6 Å². The van der Waals surface area contributed by atoms with Crippen molar-refractivity contribution in [3.63, 3.8) is 0 Å². The molecule has 0 aliphatic carbocycles. The number of nitrogens with zero attached hydrogens (tertiary/aromatic N) is 2. The summed E-state index contributed by atoms with van der Waals surface area (Å²) in [6.07, 6.45) is 1.56. The highest BCUT2D eigenvalue weighted by Crippen LogP contribution is 2.38. The lowest BCUT2D eigenvalue weighted by molar-refractivity contribution is -0.384. The van der Waals surface area contributed by atoms with Crippen LogP contribution in [0.3, 0.4) is 0 Å². The van der Waals surface area contributed by atoms with Crippen molar-refractivity contribution in [2.24, 2.45) is 0 Å². The summed E-state index contributed by atoms with van der Waals surface area (Å²) in [5.41, 5.74) is 1.48.